The van der Waals surface area contributed by atoms with Gasteiger partial charge in [-0.2, -0.15) is 0 Å². The number of hydrogen-bond donors (Lipinski definition) is 1. The molecule has 0 aliphatic heterocycles. The Morgan fingerprint density at radius 3 is 2.55 bits per heavy atom. The number of nitrogens with two attached hydrogens (primary N) is 1. The normalized spacial score (nSPS) is 20.8. The van der Waals surface area contributed by atoms with Gasteiger partial charge < -0.3 is 10.5 Å². The first kappa shape index (κ1) is 13.1. The van der Waals surface area contributed by atoms with Crippen molar-refractivity contribution in [1.29, 1.82) is 0 Å². The third-order valence-corrected chi connectivity index (χ3v) is 3.99. The van der Waals surface area contributed by atoms with E-state index in [0.717, 1.165) is 11.1 Å². The second kappa shape index (κ2) is 4.56. The van der Waals surface area contributed by atoms with E-state index < -0.39 is 11.4 Å². The molecule has 0 heterocycles. The Hall–Kier alpha value is -1.94. The molecular weight excluding hydrogens is 260 g/mol. The monoisotopic (exact) mass is 275 g/mol. The highest BCUT2D eigenvalue weighted by atomic mass is 19.1. The third kappa shape index (κ3) is 1.88. The second-order valence-corrected chi connectivity index (χ2v) is 5.12. The summed E-state index contributed by atoms with van der Waals surface area (Å²) in [6, 6.07) is 9.16. The van der Waals surface area contributed by atoms with E-state index in [-0.39, 0.29) is 5.82 Å². The highest BCUT2D eigenvalue weighted by molar-refractivity contribution is 5.48. The van der Waals surface area contributed by atoms with Gasteiger partial charge in [-0.1, -0.05) is 12.1 Å². The Morgan fingerprint density at radius 1 is 1.10 bits per heavy atom. The van der Waals surface area contributed by atoms with E-state index in [1.807, 2.05) is 0 Å². The number of aryl methyl sites for hydroxylation is 1. The first-order chi connectivity index (χ1) is 9.54. The lowest BCUT2D eigenvalue weighted by Gasteiger charge is -2.27. The maximum Gasteiger partial charge on any atom is 0.132 e. The minimum Gasteiger partial charge on any atom is -0.497 e. The predicted octanol–water partition coefficient (Wildman–Crippen LogP) is 3.12. The van der Waals surface area contributed by atoms with Gasteiger partial charge in [-0.3, -0.25) is 0 Å². The minimum absolute atomic E-state index is 0.289. The maximum absolute atomic E-state index is 14.3. The zero-order valence-electron chi connectivity index (χ0n) is 11.1. The molecule has 2 aromatic carbocycles. The molecule has 2 aromatic rings. The largest absolute Gasteiger partial charge is 0.497 e. The Labute approximate surface area is 116 Å². The fourth-order valence-electron chi connectivity index (χ4n) is 2.94. The van der Waals surface area contributed by atoms with Crippen LogP contribution in [0.1, 0.15) is 23.1 Å². The van der Waals surface area contributed by atoms with Crippen molar-refractivity contribution in [1.82, 2.24) is 0 Å². The Morgan fingerprint density at radius 2 is 1.85 bits per heavy atom. The number of halogens is 2. The number of hydrogen-bond acceptors (Lipinski definition) is 2. The van der Waals surface area contributed by atoms with Crippen LogP contribution in [0.5, 0.6) is 5.75 Å². The zero-order valence-corrected chi connectivity index (χ0v) is 11.1. The zero-order chi connectivity index (χ0) is 14.3. The first-order valence-electron chi connectivity index (χ1n) is 6.46. The van der Waals surface area contributed by atoms with Crippen molar-refractivity contribution in [2.75, 3.05) is 7.11 Å². The summed E-state index contributed by atoms with van der Waals surface area (Å²) in [5.41, 5.74) is 7.59. The fourth-order valence-corrected chi connectivity index (χ4v) is 2.94. The molecule has 2 N–H and O–H groups in total. The van der Waals surface area contributed by atoms with Crippen LogP contribution in [-0.4, -0.2) is 7.11 Å². The summed E-state index contributed by atoms with van der Waals surface area (Å²) in [6.45, 7) is 0. The standard InChI is InChI=1S/C16H15F2NO/c1-20-12-3-5-14(15(18)9-12)16(19)7-6-10-8-11(17)2-4-13(10)16/h2-5,8-9H,6-7,19H2,1H3. The molecule has 3 rings (SSSR count). The van der Waals surface area contributed by atoms with Crippen LogP contribution in [0.3, 0.4) is 0 Å². The van der Waals surface area contributed by atoms with Crippen LogP contribution in [0.4, 0.5) is 8.78 Å². The Bertz CT molecular complexity index is 672. The molecule has 104 valence electrons. The molecule has 0 fully saturated rings. The van der Waals surface area contributed by atoms with Crippen molar-refractivity contribution in [3.63, 3.8) is 0 Å². The lowest BCUT2D eigenvalue weighted by Crippen LogP contribution is -2.36. The second-order valence-electron chi connectivity index (χ2n) is 5.12. The molecule has 0 aromatic heterocycles. The molecule has 0 saturated heterocycles. The average Bonchev–Trinajstić information content (AvgIpc) is 2.76. The van der Waals surface area contributed by atoms with Crippen LogP contribution in [0.15, 0.2) is 36.4 Å². The molecule has 4 heteroatoms. The van der Waals surface area contributed by atoms with Crippen molar-refractivity contribution >= 4 is 0 Å². The van der Waals surface area contributed by atoms with Crippen molar-refractivity contribution in [2.24, 2.45) is 5.73 Å². The van der Waals surface area contributed by atoms with Crippen LogP contribution in [-0.2, 0) is 12.0 Å². The van der Waals surface area contributed by atoms with Gasteiger partial charge in [0, 0.05) is 11.6 Å². The van der Waals surface area contributed by atoms with Crippen LogP contribution < -0.4 is 10.5 Å². The molecule has 1 atom stereocenters. The Kier molecular flexibility index (Phi) is 2.98. The van der Waals surface area contributed by atoms with E-state index >= 15 is 0 Å². The first-order valence-corrected chi connectivity index (χ1v) is 6.46. The number of rotatable bonds is 2. The molecule has 1 unspecified atom stereocenters. The molecular formula is C16H15F2NO. The highest BCUT2D eigenvalue weighted by Gasteiger charge is 2.38. The van der Waals surface area contributed by atoms with Gasteiger partial charge in [0.15, 0.2) is 0 Å². The highest BCUT2D eigenvalue weighted by Crippen LogP contribution is 2.41. The van der Waals surface area contributed by atoms with E-state index in [9.17, 15) is 8.78 Å². The smallest absolute Gasteiger partial charge is 0.132 e. The summed E-state index contributed by atoms with van der Waals surface area (Å²) in [5, 5.41) is 0. The molecule has 0 amide bonds. The molecule has 1 aliphatic carbocycles. The predicted molar refractivity (Wildman–Crippen MR) is 72.6 cm³/mol. The number of fused-ring (bicyclic) bond motifs is 1. The summed E-state index contributed by atoms with van der Waals surface area (Å²) >= 11 is 0. The van der Waals surface area contributed by atoms with Crippen LogP contribution in [0.25, 0.3) is 0 Å². The van der Waals surface area contributed by atoms with Crippen molar-refractivity contribution in [3.05, 3.63) is 64.7 Å². The molecule has 0 saturated carbocycles. The van der Waals surface area contributed by atoms with Crippen molar-refractivity contribution in [3.8, 4) is 5.75 Å². The van der Waals surface area contributed by atoms with Gasteiger partial charge in [-0.15, -0.1) is 0 Å². The number of ether oxygens (including phenoxy) is 1. The van der Waals surface area contributed by atoms with Crippen LogP contribution in [0, 0.1) is 11.6 Å². The maximum atomic E-state index is 14.3. The topological polar surface area (TPSA) is 35.2 Å². The molecule has 0 radical (unpaired) electrons. The molecule has 0 bridgehead atoms. The SMILES string of the molecule is COc1ccc(C2(N)CCc3cc(F)ccc32)c(F)c1. The number of methoxy groups -OCH3 is 1. The van der Waals surface area contributed by atoms with Crippen LogP contribution in [0.2, 0.25) is 0 Å². The lowest BCUT2D eigenvalue weighted by molar-refractivity contribution is 0.408. The van der Waals surface area contributed by atoms with Crippen LogP contribution >= 0.6 is 0 Å². The molecule has 20 heavy (non-hydrogen) atoms. The van der Waals surface area contributed by atoms with Gasteiger partial charge >= 0.3 is 0 Å². The van der Waals surface area contributed by atoms with Gasteiger partial charge in [0.25, 0.3) is 0 Å². The van der Waals surface area contributed by atoms with Crippen molar-refractivity contribution in [2.45, 2.75) is 18.4 Å². The summed E-state index contributed by atoms with van der Waals surface area (Å²) in [7, 11) is 1.49. The molecule has 1 aliphatic rings. The van der Waals surface area contributed by atoms with Gasteiger partial charge in [0.2, 0.25) is 0 Å². The number of benzene rings is 2. The Balaban J connectivity index is 2.12. The molecule has 2 nitrogen and oxygen atoms in total. The van der Waals surface area contributed by atoms with Gasteiger partial charge in [0.1, 0.15) is 17.4 Å². The minimum atomic E-state index is -0.903. The van der Waals surface area contributed by atoms with E-state index in [4.69, 9.17) is 10.5 Å². The van der Waals surface area contributed by atoms with Gasteiger partial charge in [-0.25, -0.2) is 8.78 Å². The van der Waals surface area contributed by atoms with Gasteiger partial charge in [-0.05, 0) is 42.2 Å². The summed E-state index contributed by atoms with van der Waals surface area (Å²) in [6.07, 6.45) is 1.21. The fraction of sp³-hybridized carbons (Fsp3) is 0.250. The van der Waals surface area contributed by atoms with Gasteiger partial charge in [0.05, 0.1) is 12.6 Å². The van der Waals surface area contributed by atoms with Crippen molar-refractivity contribution < 1.29 is 13.5 Å². The quantitative estimate of drug-likeness (QED) is 0.914. The van der Waals surface area contributed by atoms with E-state index in [1.54, 1.807) is 18.2 Å². The summed E-state index contributed by atoms with van der Waals surface area (Å²) in [4.78, 5) is 0. The summed E-state index contributed by atoms with van der Waals surface area (Å²) < 4.78 is 32.5. The van der Waals surface area contributed by atoms with E-state index in [0.29, 0.717) is 24.2 Å². The molecule has 0 spiro atoms. The van der Waals surface area contributed by atoms with E-state index in [1.165, 1.54) is 25.3 Å². The van der Waals surface area contributed by atoms with E-state index in [2.05, 4.69) is 0 Å². The lowest BCUT2D eigenvalue weighted by atomic mass is 9.85. The average molecular weight is 275 g/mol. The third-order valence-electron chi connectivity index (χ3n) is 3.99. The summed E-state index contributed by atoms with van der Waals surface area (Å²) in [5.74, 6) is -0.237.